The van der Waals surface area contributed by atoms with Gasteiger partial charge in [0.05, 0.1) is 17.9 Å². The highest BCUT2D eigenvalue weighted by Gasteiger charge is 2.15. The molecule has 4 rings (SSSR count). The van der Waals surface area contributed by atoms with Gasteiger partial charge in [0, 0.05) is 35.4 Å². The highest BCUT2D eigenvalue weighted by atomic mass is 32.2. The van der Waals surface area contributed by atoms with Crippen molar-refractivity contribution in [2.24, 2.45) is 0 Å². The summed E-state index contributed by atoms with van der Waals surface area (Å²) in [4.78, 5) is 40.0. The third-order valence-corrected chi connectivity index (χ3v) is 6.41. The number of anilines is 3. The minimum absolute atomic E-state index is 0.123. The van der Waals surface area contributed by atoms with Gasteiger partial charge in [-0.2, -0.15) is 0 Å². The van der Waals surface area contributed by atoms with Crippen molar-refractivity contribution in [2.45, 2.75) is 17.7 Å². The molecule has 2 heterocycles. The predicted molar refractivity (Wildman–Crippen MR) is 127 cm³/mol. The van der Waals surface area contributed by atoms with Crippen LogP contribution in [-0.4, -0.2) is 35.3 Å². The fourth-order valence-electron chi connectivity index (χ4n) is 2.94. The number of hydrogen-bond donors (Lipinski definition) is 3. The van der Waals surface area contributed by atoms with Crippen LogP contribution in [0.2, 0.25) is 0 Å². The van der Waals surface area contributed by atoms with E-state index in [9.17, 15) is 14.4 Å². The number of aromatic nitrogens is 1. The van der Waals surface area contributed by atoms with Crippen LogP contribution in [0.5, 0.6) is 11.5 Å². The lowest BCUT2D eigenvalue weighted by Gasteiger charge is -2.06. The molecule has 0 radical (unpaired) electrons. The molecule has 1 aromatic heterocycles. The van der Waals surface area contributed by atoms with Gasteiger partial charge in [0.2, 0.25) is 24.5 Å². The first kappa shape index (κ1) is 22.6. The van der Waals surface area contributed by atoms with E-state index < -0.39 is 0 Å². The number of benzene rings is 2. The third-order valence-electron chi connectivity index (χ3n) is 4.34. The molecular weight excluding hydrogens is 464 g/mol. The van der Waals surface area contributed by atoms with Gasteiger partial charge >= 0.3 is 0 Å². The number of fused-ring (bicyclic) bond motifs is 1. The van der Waals surface area contributed by atoms with Gasteiger partial charge in [-0.25, -0.2) is 4.98 Å². The van der Waals surface area contributed by atoms with Crippen LogP contribution in [0.25, 0.3) is 0 Å². The van der Waals surface area contributed by atoms with Gasteiger partial charge in [-0.1, -0.05) is 11.8 Å². The molecule has 170 valence electrons. The molecule has 3 N–H and O–H groups in total. The number of nitrogens with zero attached hydrogens (tertiary/aromatic N) is 1. The van der Waals surface area contributed by atoms with E-state index in [2.05, 4.69) is 20.9 Å². The highest BCUT2D eigenvalue weighted by Crippen LogP contribution is 2.34. The second kappa shape index (κ2) is 10.4. The molecule has 0 bridgehead atoms. The first-order valence-electron chi connectivity index (χ1n) is 9.89. The summed E-state index contributed by atoms with van der Waals surface area (Å²) in [6.07, 6.45) is 0.123. The summed E-state index contributed by atoms with van der Waals surface area (Å²) in [6, 6.07) is 12.1. The first-order chi connectivity index (χ1) is 15.9. The molecule has 0 atom stereocenters. The van der Waals surface area contributed by atoms with Crippen molar-refractivity contribution in [3.63, 3.8) is 0 Å². The lowest BCUT2D eigenvalue weighted by Crippen LogP contribution is -2.15. The molecule has 3 amide bonds. The van der Waals surface area contributed by atoms with E-state index in [1.54, 1.807) is 47.8 Å². The van der Waals surface area contributed by atoms with Gasteiger partial charge in [-0.05, 0) is 36.4 Å². The minimum Gasteiger partial charge on any atom is -0.454 e. The molecule has 0 aliphatic carbocycles. The van der Waals surface area contributed by atoms with Gasteiger partial charge < -0.3 is 25.4 Å². The molecule has 0 unspecified atom stereocenters. The number of amides is 3. The molecule has 0 fully saturated rings. The summed E-state index contributed by atoms with van der Waals surface area (Å²) < 4.78 is 11.3. The molecule has 0 saturated heterocycles. The summed E-state index contributed by atoms with van der Waals surface area (Å²) >= 11 is 2.69. The quantitative estimate of drug-likeness (QED) is 0.417. The number of thiazole rings is 1. The standard InChI is InChI=1S/C22H20N4O5S2/c1-13(27)23-14-2-4-15(5-3-14)24-21(29)11-33-22-26-17(10-32-22)9-20(28)25-16-6-7-18-19(8-16)31-12-30-18/h2-8,10H,9,11-12H2,1H3,(H,23,27)(H,24,29)(H,25,28). The fourth-order valence-corrected chi connectivity index (χ4v) is 4.59. The van der Waals surface area contributed by atoms with E-state index in [0.29, 0.717) is 38.6 Å². The molecule has 0 saturated carbocycles. The van der Waals surface area contributed by atoms with Gasteiger partial charge in [0.1, 0.15) is 0 Å². The van der Waals surface area contributed by atoms with Crippen LogP contribution in [0, 0.1) is 0 Å². The maximum Gasteiger partial charge on any atom is 0.234 e. The number of hydrogen-bond acceptors (Lipinski definition) is 8. The number of carbonyl (C=O) groups is 3. The van der Waals surface area contributed by atoms with Gasteiger partial charge in [0.25, 0.3) is 0 Å². The molecule has 11 heteroatoms. The molecule has 1 aliphatic rings. The van der Waals surface area contributed by atoms with Crippen LogP contribution in [-0.2, 0) is 20.8 Å². The van der Waals surface area contributed by atoms with Crippen molar-refractivity contribution in [3.8, 4) is 11.5 Å². The van der Waals surface area contributed by atoms with Crippen LogP contribution in [0.3, 0.4) is 0 Å². The van der Waals surface area contributed by atoms with Gasteiger partial charge in [0.15, 0.2) is 15.8 Å². The van der Waals surface area contributed by atoms with Crippen molar-refractivity contribution in [1.82, 2.24) is 4.98 Å². The Hall–Kier alpha value is -3.57. The van der Waals surface area contributed by atoms with E-state index in [1.165, 1.54) is 30.0 Å². The van der Waals surface area contributed by atoms with E-state index in [0.717, 1.165) is 0 Å². The number of ether oxygens (including phenoxy) is 2. The van der Waals surface area contributed by atoms with E-state index >= 15 is 0 Å². The zero-order valence-electron chi connectivity index (χ0n) is 17.5. The van der Waals surface area contributed by atoms with Crippen LogP contribution >= 0.6 is 23.1 Å². The number of thioether (sulfide) groups is 1. The van der Waals surface area contributed by atoms with Crippen LogP contribution in [0.4, 0.5) is 17.1 Å². The smallest absolute Gasteiger partial charge is 0.234 e. The van der Waals surface area contributed by atoms with Crippen molar-refractivity contribution < 1.29 is 23.9 Å². The average molecular weight is 485 g/mol. The SMILES string of the molecule is CC(=O)Nc1ccc(NC(=O)CSc2nc(CC(=O)Nc3ccc4c(c3)OCO4)cs2)cc1. The Morgan fingerprint density at radius 2 is 1.61 bits per heavy atom. The zero-order valence-corrected chi connectivity index (χ0v) is 19.2. The normalized spacial score (nSPS) is 11.7. The fraction of sp³-hybridized carbons (Fsp3) is 0.182. The monoisotopic (exact) mass is 484 g/mol. The third kappa shape index (κ3) is 6.46. The summed E-state index contributed by atoms with van der Waals surface area (Å²) in [5, 5.41) is 10.1. The van der Waals surface area contributed by atoms with Gasteiger partial charge in [-0.3, -0.25) is 14.4 Å². The highest BCUT2D eigenvalue weighted by molar-refractivity contribution is 8.01. The Kier molecular flexibility index (Phi) is 7.10. The summed E-state index contributed by atoms with van der Waals surface area (Å²) in [5.74, 6) is 0.906. The number of nitrogens with one attached hydrogen (secondary N) is 3. The average Bonchev–Trinajstić information content (AvgIpc) is 3.42. The van der Waals surface area contributed by atoms with E-state index in [-0.39, 0.29) is 36.7 Å². The minimum atomic E-state index is -0.198. The Labute approximate surface area is 197 Å². The largest absolute Gasteiger partial charge is 0.454 e. The van der Waals surface area contributed by atoms with E-state index in [1.807, 2.05) is 0 Å². The second-order valence-corrected chi connectivity index (χ2v) is 9.07. The Morgan fingerprint density at radius 1 is 0.939 bits per heavy atom. The summed E-state index contributed by atoms with van der Waals surface area (Å²) in [7, 11) is 0. The van der Waals surface area contributed by atoms with Crippen molar-refractivity contribution in [3.05, 3.63) is 53.5 Å². The molecule has 33 heavy (non-hydrogen) atoms. The maximum atomic E-state index is 12.3. The second-order valence-electron chi connectivity index (χ2n) is 6.99. The van der Waals surface area contributed by atoms with Crippen molar-refractivity contribution in [1.29, 1.82) is 0 Å². The van der Waals surface area contributed by atoms with Gasteiger partial charge in [-0.15, -0.1) is 11.3 Å². The summed E-state index contributed by atoms with van der Waals surface area (Å²) in [5.41, 5.74) is 2.55. The Morgan fingerprint density at radius 3 is 2.36 bits per heavy atom. The molecule has 2 aromatic carbocycles. The Balaban J connectivity index is 1.22. The Bertz CT molecular complexity index is 1180. The number of carbonyl (C=O) groups excluding carboxylic acids is 3. The lowest BCUT2D eigenvalue weighted by molar-refractivity contribution is -0.116. The predicted octanol–water partition coefficient (Wildman–Crippen LogP) is 3.74. The van der Waals surface area contributed by atoms with E-state index in [4.69, 9.17) is 9.47 Å². The first-order valence-corrected chi connectivity index (χ1v) is 11.8. The topological polar surface area (TPSA) is 119 Å². The number of rotatable bonds is 8. The maximum absolute atomic E-state index is 12.3. The molecular formula is C22H20N4O5S2. The zero-order chi connectivity index (χ0) is 23.2. The molecule has 9 nitrogen and oxygen atoms in total. The lowest BCUT2D eigenvalue weighted by atomic mass is 10.2. The summed E-state index contributed by atoms with van der Waals surface area (Å²) in [6.45, 7) is 1.61. The van der Waals surface area contributed by atoms with Crippen LogP contribution in [0.15, 0.2) is 52.2 Å². The van der Waals surface area contributed by atoms with Crippen molar-refractivity contribution >= 4 is 57.9 Å². The molecule has 1 aliphatic heterocycles. The van der Waals surface area contributed by atoms with Crippen LogP contribution in [0.1, 0.15) is 12.6 Å². The molecule has 3 aromatic rings. The molecule has 0 spiro atoms. The van der Waals surface area contributed by atoms with Crippen molar-refractivity contribution in [2.75, 3.05) is 28.5 Å². The van der Waals surface area contributed by atoms with Crippen LogP contribution < -0.4 is 25.4 Å².